The fourth-order valence-corrected chi connectivity index (χ4v) is 9.36. The van der Waals surface area contributed by atoms with E-state index in [9.17, 15) is 19.5 Å². The van der Waals surface area contributed by atoms with E-state index in [2.05, 4.69) is 29.1 Å². The number of halogens is 1. The molecule has 0 saturated carbocycles. The number of carbonyl (C=O) groups is 3. The SMILES string of the molecule is C=CCOC(=O)[C@H]1[C@H]2C(=O)N([C@H](C)CO)C(C(=O)N(CC=C)Cc3ccccc3)C23CC(Br)[C@@H]1S3. The number of likely N-dealkylation sites (tertiary alicyclic amines) is 1. The highest BCUT2D eigenvalue weighted by Crippen LogP contribution is 2.68. The van der Waals surface area contributed by atoms with Gasteiger partial charge in [-0.15, -0.1) is 18.3 Å². The molecule has 1 aromatic carbocycles. The molecule has 4 rings (SSSR count). The number of fused-ring (bicyclic) bond motifs is 1. The number of esters is 1. The number of aliphatic hydroxyl groups excluding tert-OH is 1. The summed E-state index contributed by atoms with van der Waals surface area (Å²) in [6.45, 7) is 9.64. The number of alkyl halides is 1. The van der Waals surface area contributed by atoms with E-state index in [4.69, 9.17) is 4.74 Å². The lowest BCUT2D eigenvalue weighted by molar-refractivity contribution is -0.153. The molecule has 0 aliphatic carbocycles. The van der Waals surface area contributed by atoms with Gasteiger partial charge in [-0.2, -0.15) is 0 Å². The Morgan fingerprint density at radius 1 is 1.34 bits per heavy atom. The van der Waals surface area contributed by atoms with Crippen molar-refractivity contribution in [3.05, 3.63) is 61.2 Å². The highest BCUT2D eigenvalue weighted by Gasteiger charge is 2.76. The quantitative estimate of drug-likeness (QED) is 0.268. The fourth-order valence-electron chi connectivity index (χ4n) is 5.78. The third-order valence-corrected chi connectivity index (χ3v) is 10.4. The van der Waals surface area contributed by atoms with Crippen molar-refractivity contribution >= 4 is 45.5 Å². The minimum atomic E-state index is -0.807. The van der Waals surface area contributed by atoms with Crippen molar-refractivity contribution in [2.24, 2.45) is 11.8 Å². The van der Waals surface area contributed by atoms with E-state index < -0.39 is 34.6 Å². The van der Waals surface area contributed by atoms with Crippen LogP contribution in [0.5, 0.6) is 0 Å². The molecular weight excluding hydrogens is 532 g/mol. The summed E-state index contributed by atoms with van der Waals surface area (Å²) in [7, 11) is 0. The first-order valence-electron chi connectivity index (χ1n) is 11.8. The minimum Gasteiger partial charge on any atom is -0.461 e. The molecule has 3 heterocycles. The molecule has 7 nitrogen and oxygen atoms in total. The maximum Gasteiger partial charge on any atom is 0.311 e. The van der Waals surface area contributed by atoms with E-state index in [0.29, 0.717) is 19.5 Å². The number of ether oxygens (including phenoxy) is 1. The van der Waals surface area contributed by atoms with Crippen LogP contribution in [0.25, 0.3) is 0 Å². The molecule has 2 amide bonds. The van der Waals surface area contributed by atoms with Gasteiger partial charge >= 0.3 is 5.97 Å². The fraction of sp³-hybridized carbons (Fsp3) is 0.500. The number of thioether (sulfide) groups is 1. The highest BCUT2D eigenvalue weighted by molar-refractivity contribution is 9.09. The first-order valence-corrected chi connectivity index (χ1v) is 13.6. The molecule has 7 atom stereocenters. The molecule has 0 aromatic heterocycles. The van der Waals surface area contributed by atoms with Crippen LogP contribution in [0.4, 0.5) is 0 Å². The predicted molar refractivity (Wildman–Crippen MR) is 139 cm³/mol. The summed E-state index contributed by atoms with van der Waals surface area (Å²) in [5.41, 5.74) is 0.968. The Bertz CT molecular complexity index is 1010. The molecule has 188 valence electrons. The van der Waals surface area contributed by atoms with Crippen LogP contribution in [-0.2, 0) is 25.7 Å². The van der Waals surface area contributed by atoms with Gasteiger partial charge < -0.3 is 19.6 Å². The van der Waals surface area contributed by atoms with Gasteiger partial charge in [0, 0.05) is 23.2 Å². The highest BCUT2D eigenvalue weighted by atomic mass is 79.9. The summed E-state index contributed by atoms with van der Waals surface area (Å²) in [6.07, 6.45) is 3.75. The van der Waals surface area contributed by atoms with Gasteiger partial charge in [0.15, 0.2) is 0 Å². The van der Waals surface area contributed by atoms with Crippen LogP contribution in [-0.4, -0.2) is 79.4 Å². The van der Waals surface area contributed by atoms with Crippen molar-refractivity contribution in [2.75, 3.05) is 19.8 Å². The minimum absolute atomic E-state index is 0.0421. The molecule has 2 bridgehead atoms. The number of carbonyl (C=O) groups excluding carboxylic acids is 3. The van der Waals surface area contributed by atoms with Gasteiger partial charge in [0.25, 0.3) is 0 Å². The summed E-state index contributed by atoms with van der Waals surface area (Å²) < 4.78 is 4.60. The van der Waals surface area contributed by atoms with Crippen LogP contribution in [0.3, 0.4) is 0 Å². The van der Waals surface area contributed by atoms with E-state index in [0.717, 1.165) is 5.56 Å². The topological polar surface area (TPSA) is 87.1 Å². The Morgan fingerprint density at radius 3 is 2.69 bits per heavy atom. The summed E-state index contributed by atoms with van der Waals surface area (Å²) in [5, 5.41) is 9.83. The zero-order chi connectivity index (χ0) is 25.3. The van der Waals surface area contributed by atoms with Crippen LogP contribution in [0.2, 0.25) is 0 Å². The standard InChI is InChI=1S/C26H31BrN2O5S/c1-4-11-28(14-17-9-7-6-8-10-17)24(32)22-26-13-18(27)21(35-26)19(25(33)34-12-5-2)20(26)23(31)29(22)16(3)15-30/h4-10,16,18-22,30H,1-2,11-15H2,3H3/t16-,18?,19+,20+,21+,22?,26?/m1/s1. The molecule has 0 radical (unpaired) electrons. The van der Waals surface area contributed by atoms with Crippen molar-refractivity contribution < 1.29 is 24.2 Å². The average Bonchev–Trinajstić information content (AvgIpc) is 3.45. The third kappa shape index (κ3) is 4.36. The monoisotopic (exact) mass is 562 g/mol. The van der Waals surface area contributed by atoms with E-state index in [1.54, 1.807) is 29.7 Å². The maximum atomic E-state index is 14.2. The van der Waals surface area contributed by atoms with Crippen LogP contribution in [0.1, 0.15) is 18.9 Å². The van der Waals surface area contributed by atoms with Crippen LogP contribution >= 0.6 is 27.7 Å². The second kappa shape index (κ2) is 10.5. The number of nitrogens with zero attached hydrogens (tertiary/aromatic N) is 2. The molecule has 3 fully saturated rings. The Kier molecular flexibility index (Phi) is 7.78. The van der Waals surface area contributed by atoms with Gasteiger partial charge in [0.05, 0.1) is 29.2 Å². The number of amides is 2. The first-order chi connectivity index (χ1) is 16.8. The molecule has 3 aliphatic heterocycles. The van der Waals surface area contributed by atoms with Crippen molar-refractivity contribution in [3.8, 4) is 0 Å². The Labute approximate surface area is 218 Å². The Morgan fingerprint density at radius 2 is 2.06 bits per heavy atom. The number of aliphatic hydroxyl groups is 1. The van der Waals surface area contributed by atoms with E-state index in [1.807, 2.05) is 30.3 Å². The third-order valence-electron chi connectivity index (χ3n) is 7.19. The lowest BCUT2D eigenvalue weighted by Crippen LogP contribution is -2.57. The maximum absolute atomic E-state index is 14.2. The van der Waals surface area contributed by atoms with Gasteiger partial charge in [-0.05, 0) is 18.9 Å². The molecule has 1 aromatic rings. The molecule has 3 aliphatic rings. The summed E-state index contributed by atoms with van der Waals surface area (Å²) in [4.78, 5) is 44.4. The normalized spacial score (nSPS) is 31.7. The lowest BCUT2D eigenvalue weighted by atomic mass is 9.71. The molecule has 35 heavy (non-hydrogen) atoms. The lowest BCUT2D eigenvalue weighted by Gasteiger charge is -2.39. The summed E-state index contributed by atoms with van der Waals surface area (Å²) in [5.74, 6) is -2.26. The molecule has 3 saturated heterocycles. The summed E-state index contributed by atoms with van der Waals surface area (Å²) in [6, 6.07) is 8.28. The van der Waals surface area contributed by atoms with Gasteiger partial charge in [-0.25, -0.2) is 0 Å². The number of rotatable bonds is 10. The zero-order valence-corrected chi connectivity index (χ0v) is 22.1. The largest absolute Gasteiger partial charge is 0.461 e. The van der Waals surface area contributed by atoms with Crippen molar-refractivity contribution in [1.82, 2.24) is 9.80 Å². The van der Waals surface area contributed by atoms with E-state index >= 15 is 0 Å². The zero-order valence-electron chi connectivity index (χ0n) is 19.7. The van der Waals surface area contributed by atoms with Crippen molar-refractivity contribution in [2.45, 2.75) is 46.8 Å². The predicted octanol–water partition coefficient (Wildman–Crippen LogP) is 2.78. The van der Waals surface area contributed by atoms with E-state index in [1.165, 1.54) is 11.0 Å². The van der Waals surface area contributed by atoms with Gasteiger partial charge in [-0.1, -0.05) is 65.0 Å². The van der Waals surface area contributed by atoms with E-state index in [-0.39, 0.29) is 35.1 Å². The first kappa shape index (κ1) is 26.0. The van der Waals surface area contributed by atoms with Crippen molar-refractivity contribution in [1.29, 1.82) is 0 Å². The molecular formula is C26H31BrN2O5S. The van der Waals surface area contributed by atoms with Crippen molar-refractivity contribution in [3.63, 3.8) is 0 Å². The summed E-state index contributed by atoms with van der Waals surface area (Å²) >= 11 is 5.28. The van der Waals surface area contributed by atoms with Crippen LogP contribution in [0, 0.1) is 11.8 Å². The smallest absolute Gasteiger partial charge is 0.311 e. The molecule has 9 heteroatoms. The number of hydrogen-bond donors (Lipinski definition) is 1. The average molecular weight is 564 g/mol. The van der Waals surface area contributed by atoms with Gasteiger partial charge in [-0.3, -0.25) is 14.4 Å². The van der Waals surface area contributed by atoms with Crippen LogP contribution in [0.15, 0.2) is 55.6 Å². The molecule has 3 unspecified atom stereocenters. The Balaban J connectivity index is 1.75. The van der Waals surface area contributed by atoms with Gasteiger partial charge in [0.1, 0.15) is 12.6 Å². The Hall–Kier alpha value is -2.10. The molecule has 1 N–H and O–H groups in total. The second-order valence-corrected chi connectivity index (χ2v) is 12.1. The number of hydrogen-bond acceptors (Lipinski definition) is 6. The second-order valence-electron chi connectivity index (χ2n) is 9.35. The van der Waals surface area contributed by atoms with Gasteiger partial charge in [0.2, 0.25) is 11.8 Å². The van der Waals surface area contributed by atoms with Crippen LogP contribution < -0.4 is 0 Å². The molecule has 1 spiro atoms. The number of benzene rings is 1.